The van der Waals surface area contributed by atoms with Crippen LogP contribution in [0.5, 0.6) is 5.88 Å². The Balaban J connectivity index is 2.09. The summed E-state index contributed by atoms with van der Waals surface area (Å²) in [6.07, 6.45) is 1.75. The van der Waals surface area contributed by atoms with Crippen LogP contribution in [0.3, 0.4) is 0 Å². The number of methoxy groups -OCH3 is 1. The molecule has 0 saturated heterocycles. The second-order valence-electron chi connectivity index (χ2n) is 4.49. The molecule has 0 amide bonds. The number of aromatic nitrogens is 4. The molecule has 0 unspecified atom stereocenters. The van der Waals surface area contributed by atoms with E-state index < -0.39 is 0 Å². The van der Waals surface area contributed by atoms with E-state index in [1.165, 1.54) is 0 Å². The zero-order valence-corrected chi connectivity index (χ0v) is 12.6. The molecule has 112 valence electrons. The van der Waals surface area contributed by atoms with E-state index >= 15 is 0 Å². The van der Waals surface area contributed by atoms with Gasteiger partial charge in [-0.2, -0.15) is 15.0 Å². The summed E-state index contributed by atoms with van der Waals surface area (Å²) in [5.74, 6) is 2.20. The second-order valence-corrected chi connectivity index (χ2v) is 4.49. The number of hydrogen-bond donors (Lipinski definition) is 2. The highest BCUT2D eigenvalue weighted by atomic mass is 16.5. The first-order valence-electron chi connectivity index (χ1n) is 6.46. The van der Waals surface area contributed by atoms with Crippen molar-refractivity contribution in [1.82, 2.24) is 19.9 Å². The summed E-state index contributed by atoms with van der Waals surface area (Å²) in [7, 11) is 7.12. The van der Waals surface area contributed by atoms with Crippen molar-refractivity contribution in [2.75, 3.05) is 43.8 Å². The fraction of sp³-hybridized carbons (Fsp3) is 0.385. The Labute approximate surface area is 123 Å². The number of nitrogens with zero attached hydrogens (tertiary/aromatic N) is 5. The molecular weight excluding hydrogens is 270 g/mol. The molecule has 0 saturated carbocycles. The van der Waals surface area contributed by atoms with Crippen LogP contribution in [0.4, 0.5) is 17.8 Å². The van der Waals surface area contributed by atoms with E-state index in [2.05, 4.69) is 30.6 Å². The van der Waals surface area contributed by atoms with Crippen molar-refractivity contribution in [3.05, 3.63) is 23.9 Å². The van der Waals surface area contributed by atoms with Crippen LogP contribution in [0.1, 0.15) is 5.56 Å². The van der Waals surface area contributed by atoms with Crippen LogP contribution in [0.2, 0.25) is 0 Å². The van der Waals surface area contributed by atoms with Gasteiger partial charge in [-0.3, -0.25) is 0 Å². The van der Waals surface area contributed by atoms with Crippen LogP contribution in [-0.2, 0) is 6.54 Å². The number of rotatable bonds is 6. The van der Waals surface area contributed by atoms with E-state index in [4.69, 9.17) is 4.74 Å². The summed E-state index contributed by atoms with van der Waals surface area (Å²) < 4.78 is 5.03. The van der Waals surface area contributed by atoms with Crippen molar-refractivity contribution >= 4 is 17.8 Å². The molecular formula is C13H19N7O. The van der Waals surface area contributed by atoms with Crippen molar-refractivity contribution in [3.63, 3.8) is 0 Å². The molecule has 0 fully saturated rings. The molecule has 8 heteroatoms. The number of ether oxygens (including phenoxy) is 1. The van der Waals surface area contributed by atoms with Crippen LogP contribution in [-0.4, -0.2) is 48.2 Å². The third-order valence-electron chi connectivity index (χ3n) is 2.70. The van der Waals surface area contributed by atoms with Gasteiger partial charge in [-0.1, -0.05) is 6.07 Å². The van der Waals surface area contributed by atoms with E-state index in [0.717, 1.165) is 5.56 Å². The minimum Gasteiger partial charge on any atom is -0.481 e. The fourth-order valence-electron chi connectivity index (χ4n) is 1.57. The normalized spacial score (nSPS) is 10.1. The molecule has 2 rings (SSSR count). The predicted octanol–water partition coefficient (Wildman–Crippen LogP) is 0.995. The quantitative estimate of drug-likeness (QED) is 0.814. The van der Waals surface area contributed by atoms with Crippen molar-refractivity contribution in [2.24, 2.45) is 0 Å². The monoisotopic (exact) mass is 289 g/mol. The Hall–Kier alpha value is -2.64. The smallest absolute Gasteiger partial charge is 0.231 e. The SMILES string of the molecule is CNc1nc(NCc2ccc(OC)nc2)nc(N(C)C)n1. The molecule has 0 atom stereocenters. The summed E-state index contributed by atoms with van der Waals surface area (Å²) in [5.41, 5.74) is 1.01. The van der Waals surface area contributed by atoms with Crippen molar-refractivity contribution in [2.45, 2.75) is 6.54 Å². The maximum Gasteiger partial charge on any atom is 0.231 e. The minimum atomic E-state index is 0.508. The Bertz CT molecular complexity index is 586. The van der Waals surface area contributed by atoms with Crippen LogP contribution >= 0.6 is 0 Å². The van der Waals surface area contributed by atoms with E-state index in [0.29, 0.717) is 30.3 Å². The van der Waals surface area contributed by atoms with Gasteiger partial charge in [-0.15, -0.1) is 0 Å². The Morgan fingerprint density at radius 1 is 1.14 bits per heavy atom. The van der Waals surface area contributed by atoms with Crippen molar-refractivity contribution in [3.8, 4) is 5.88 Å². The van der Waals surface area contributed by atoms with E-state index in [1.807, 2.05) is 31.1 Å². The molecule has 0 aromatic carbocycles. The van der Waals surface area contributed by atoms with E-state index in [1.54, 1.807) is 20.4 Å². The first kappa shape index (κ1) is 14.8. The van der Waals surface area contributed by atoms with Gasteiger partial charge in [-0.05, 0) is 5.56 Å². The number of nitrogens with one attached hydrogen (secondary N) is 2. The summed E-state index contributed by atoms with van der Waals surface area (Å²) >= 11 is 0. The molecule has 0 aliphatic carbocycles. The largest absolute Gasteiger partial charge is 0.481 e. The molecule has 2 heterocycles. The highest BCUT2D eigenvalue weighted by Crippen LogP contribution is 2.12. The predicted molar refractivity (Wildman–Crippen MR) is 81.8 cm³/mol. The molecule has 2 N–H and O–H groups in total. The maximum atomic E-state index is 5.03. The second kappa shape index (κ2) is 6.69. The first-order valence-corrected chi connectivity index (χ1v) is 6.46. The lowest BCUT2D eigenvalue weighted by molar-refractivity contribution is 0.397. The Morgan fingerprint density at radius 3 is 2.48 bits per heavy atom. The Kier molecular flexibility index (Phi) is 4.70. The molecule has 0 bridgehead atoms. The third-order valence-corrected chi connectivity index (χ3v) is 2.70. The zero-order valence-electron chi connectivity index (χ0n) is 12.6. The third kappa shape index (κ3) is 3.91. The van der Waals surface area contributed by atoms with Crippen LogP contribution in [0, 0.1) is 0 Å². The first-order chi connectivity index (χ1) is 10.1. The summed E-state index contributed by atoms with van der Waals surface area (Å²) in [6.45, 7) is 0.566. The van der Waals surface area contributed by atoms with Crippen LogP contribution < -0.4 is 20.3 Å². The van der Waals surface area contributed by atoms with Gasteiger partial charge >= 0.3 is 0 Å². The lowest BCUT2D eigenvalue weighted by Gasteiger charge is -2.13. The number of pyridine rings is 1. The zero-order chi connectivity index (χ0) is 15.2. The summed E-state index contributed by atoms with van der Waals surface area (Å²) in [4.78, 5) is 18.8. The molecule has 0 aliphatic rings. The van der Waals surface area contributed by atoms with Gasteiger partial charge in [0, 0.05) is 40.0 Å². The van der Waals surface area contributed by atoms with Gasteiger partial charge in [0.2, 0.25) is 23.7 Å². The minimum absolute atomic E-state index is 0.508. The van der Waals surface area contributed by atoms with Gasteiger partial charge in [-0.25, -0.2) is 4.98 Å². The van der Waals surface area contributed by atoms with Gasteiger partial charge in [0.25, 0.3) is 0 Å². The van der Waals surface area contributed by atoms with E-state index in [-0.39, 0.29) is 0 Å². The van der Waals surface area contributed by atoms with Gasteiger partial charge in [0.1, 0.15) is 0 Å². The Morgan fingerprint density at radius 2 is 1.90 bits per heavy atom. The van der Waals surface area contributed by atoms with Crippen molar-refractivity contribution < 1.29 is 4.74 Å². The molecule has 0 aliphatic heterocycles. The lowest BCUT2D eigenvalue weighted by Crippen LogP contribution is -2.16. The van der Waals surface area contributed by atoms with Gasteiger partial charge in [0.05, 0.1) is 7.11 Å². The molecule has 2 aromatic rings. The summed E-state index contributed by atoms with van der Waals surface area (Å²) in [5, 5.41) is 6.08. The van der Waals surface area contributed by atoms with Gasteiger partial charge < -0.3 is 20.3 Å². The highest BCUT2D eigenvalue weighted by Gasteiger charge is 2.07. The highest BCUT2D eigenvalue weighted by molar-refractivity contribution is 5.42. The maximum absolute atomic E-state index is 5.03. The fourth-order valence-corrected chi connectivity index (χ4v) is 1.57. The van der Waals surface area contributed by atoms with Crippen LogP contribution in [0.25, 0.3) is 0 Å². The molecule has 0 radical (unpaired) electrons. The number of hydrogen-bond acceptors (Lipinski definition) is 8. The molecule has 21 heavy (non-hydrogen) atoms. The molecule has 2 aromatic heterocycles. The number of anilines is 3. The topological polar surface area (TPSA) is 88.1 Å². The molecule has 0 spiro atoms. The van der Waals surface area contributed by atoms with Crippen molar-refractivity contribution in [1.29, 1.82) is 0 Å². The lowest BCUT2D eigenvalue weighted by atomic mass is 10.3. The summed E-state index contributed by atoms with van der Waals surface area (Å²) in [6, 6.07) is 3.75. The standard InChI is InChI=1S/C13H19N7O/c1-14-11-17-12(19-13(18-11)20(2)3)16-8-9-5-6-10(21-4)15-7-9/h5-7H,8H2,1-4H3,(H2,14,16,17,18,19). The average Bonchev–Trinajstić information content (AvgIpc) is 2.53. The van der Waals surface area contributed by atoms with E-state index in [9.17, 15) is 0 Å². The average molecular weight is 289 g/mol. The van der Waals surface area contributed by atoms with Crippen LogP contribution in [0.15, 0.2) is 18.3 Å². The van der Waals surface area contributed by atoms with Gasteiger partial charge in [0.15, 0.2) is 0 Å². The molecule has 8 nitrogen and oxygen atoms in total.